The van der Waals surface area contributed by atoms with Gasteiger partial charge in [0.2, 0.25) is 0 Å². The van der Waals surface area contributed by atoms with Gasteiger partial charge in [-0.15, -0.1) is 0 Å². The number of aryl methyl sites for hydroxylation is 1. The Morgan fingerprint density at radius 2 is 2.22 bits per heavy atom. The zero-order valence-electron chi connectivity index (χ0n) is 10.7. The van der Waals surface area contributed by atoms with Crippen molar-refractivity contribution in [3.63, 3.8) is 0 Å². The lowest BCUT2D eigenvalue weighted by atomic mass is 10.1. The highest BCUT2D eigenvalue weighted by molar-refractivity contribution is 5.67. The average Bonchev–Trinajstić information content (AvgIpc) is 2.76. The van der Waals surface area contributed by atoms with E-state index in [4.69, 9.17) is 4.74 Å². The minimum Gasteiger partial charge on any atom is -0.493 e. The van der Waals surface area contributed by atoms with Crippen LogP contribution in [0.4, 0.5) is 4.39 Å². The topological polar surface area (TPSA) is 27.1 Å². The van der Waals surface area contributed by atoms with Crippen molar-refractivity contribution in [1.82, 2.24) is 9.55 Å². The van der Waals surface area contributed by atoms with E-state index in [9.17, 15) is 4.39 Å². The van der Waals surface area contributed by atoms with E-state index in [1.165, 1.54) is 12.1 Å². The Hall–Kier alpha value is -1.84. The SMILES string of the molecule is CCCCOc1cc(F)ccc1-c1cncn1C. The average molecular weight is 248 g/mol. The van der Waals surface area contributed by atoms with Crippen LogP contribution in [0, 0.1) is 5.82 Å². The molecule has 18 heavy (non-hydrogen) atoms. The molecule has 0 unspecified atom stereocenters. The maximum absolute atomic E-state index is 13.3. The van der Waals surface area contributed by atoms with Crippen molar-refractivity contribution in [2.45, 2.75) is 19.8 Å². The summed E-state index contributed by atoms with van der Waals surface area (Å²) in [4.78, 5) is 4.07. The van der Waals surface area contributed by atoms with E-state index in [0.29, 0.717) is 12.4 Å². The number of benzene rings is 1. The molecule has 1 aromatic carbocycles. The molecule has 0 radical (unpaired) electrons. The molecular weight excluding hydrogens is 231 g/mol. The van der Waals surface area contributed by atoms with Gasteiger partial charge in [0.05, 0.1) is 24.8 Å². The van der Waals surface area contributed by atoms with Gasteiger partial charge in [-0.3, -0.25) is 0 Å². The molecule has 96 valence electrons. The predicted molar refractivity (Wildman–Crippen MR) is 69.0 cm³/mol. The third-order valence-corrected chi connectivity index (χ3v) is 2.79. The first-order valence-electron chi connectivity index (χ1n) is 6.11. The maximum Gasteiger partial charge on any atom is 0.131 e. The van der Waals surface area contributed by atoms with Crippen LogP contribution in [0.5, 0.6) is 5.75 Å². The number of hydrogen-bond donors (Lipinski definition) is 0. The zero-order valence-corrected chi connectivity index (χ0v) is 10.7. The third kappa shape index (κ3) is 2.70. The molecule has 3 nitrogen and oxygen atoms in total. The van der Waals surface area contributed by atoms with Gasteiger partial charge in [0.1, 0.15) is 11.6 Å². The molecule has 0 aliphatic rings. The number of imidazole rings is 1. The summed E-state index contributed by atoms with van der Waals surface area (Å²) in [6.45, 7) is 2.70. The summed E-state index contributed by atoms with van der Waals surface area (Å²) in [7, 11) is 1.90. The van der Waals surface area contributed by atoms with Crippen molar-refractivity contribution in [2.75, 3.05) is 6.61 Å². The number of halogens is 1. The standard InChI is InChI=1S/C14H17FN2O/c1-3-4-7-18-14-8-11(15)5-6-12(14)13-9-16-10-17(13)2/h5-6,8-10H,3-4,7H2,1-2H3. The fourth-order valence-corrected chi connectivity index (χ4v) is 1.77. The molecule has 0 amide bonds. The Morgan fingerprint density at radius 3 is 2.89 bits per heavy atom. The number of rotatable bonds is 5. The van der Waals surface area contributed by atoms with Gasteiger partial charge in [0.25, 0.3) is 0 Å². The predicted octanol–water partition coefficient (Wildman–Crippen LogP) is 3.41. The smallest absolute Gasteiger partial charge is 0.131 e. The number of hydrogen-bond acceptors (Lipinski definition) is 2. The molecule has 2 aromatic rings. The molecule has 0 bridgehead atoms. The van der Waals surface area contributed by atoms with Gasteiger partial charge in [-0.05, 0) is 18.6 Å². The molecule has 0 saturated carbocycles. The van der Waals surface area contributed by atoms with Crippen LogP contribution < -0.4 is 4.74 Å². The highest BCUT2D eigenvalue weighted by Crippen LogP contribution is 2.30. The highest BCUT2D eigenvalue weighted by Gasteiger charge is 2.10. The summed E-state index contributed by atoms with van der Waals surface area (Å²) in [5.74, 6) is 0.291. The summed E-state index contributed by atoms with van der Waals surface area (Å²) < 4.78 is 20.8. The molecule has 1 heterocycles. The van der Waals surface area contributed by atoms with Crippen LogP contribution in [-0.2, 0) is 7.05 Å². The van der Waals surface area contributed by atoms with Crippen molar-refractivity contribution in [1.29, 1.82) is 0 Å². The van der Waals surface area contributed by atoms with Crippen molar-refractivity contribution < 1.29 is 9.13 Å². The minimum absolute atomic E-state index is 0.285. The van der Waals surface area contributed by atoms with Gasteiger partial charge in [-0.25, -0.2) is 9.37 Å². The molecule has 0 N–H and O–H groups in total. The monoisotopic (exact) mass is 248 g/mol. The molecule has 0 aliphatic carbocycles. The van der Waals surface area contributed by atoms with Crippen LogP contribution >= 0.6 is 0 Å². The number of ether oxygens (including phenoxy) is 1. The largest absolute Gasteiger partial charge is 0.493 e. The van der Waals surface area contributed by atoms with E-state index in [1.807, 2.05) is 11.6 Å². The first kappa shape index (κ1) is 12.6. The molecule has 0 aliphatic heterocycles. The molecular formula is C14H17FN2O. The Kier molecular flexibility index (Phi) is 3.97. The van der Waals surface area contributed by atoms with Gasteiger partial charge in [0.15, 0.2) is 0 Å². The van der Waals surface area contributed by atoms with E-state index in [0.717, 1.165) is 24.1 Å². The summed E-state index contributed by atoms with van der Waals surface area (Å²) in [6, 6.07) is 4.60. The summed E-state index contributed by atoms with van der Waals surface area (Å²) in [5.41, 5.74) is 1.79. The molecule has 1 aromatic heterocycles. The van der Waals surface area contributed by atoms with Crippen LogP contribution in [0.15, 0.2) is 30.7 Å². The summed E-state index contributed by atoms with van der Waals surface area (Å²) in [6.07, 6.45) is 5.48. The van der Waals surface area contributed by atoms with Crippen LogP contribution in [0.25, 0.3) is 11.3 Å². The molecule has 0 spiro atoms. The van der Waals surface area contributed by atoms with Gasteiger partial charge >= 0.3 is 0 Å². The maximum atomic E-state index is 13.3. The van der Waals surface area contributed by atoms with Crippen LogP contribution in [0.3, 0.4) is 0 Å². The van der Waals surface area contributed by atoms with E-state index in [1.54, 1.807) is 18.6 Å². The zero-order chi connectivity index (χ0) is 13.0. The molecule has 4 heteroatoms. The molecule has 0 atom stereocenters. The third-order valence-electron chi connectivity index (χ3n) is 2.79. The lowest BCUT2D eigenvalue weighted by Crippen LogP contribution is -2.00. The first-order chi connectivity index (χ1) is 8.72. The summed E-state index contributed by atoms with van der Waals surface area (Å²) in [5, 5.41) is 0. The fraction of sp³-hybridized carbons (Fsp3) is 0.357. The number of aromatic nitrogens is 2. The van der Waals surface area contributed by atoms with Crippen LogP contribution in [0.2, 0.25) is 0 Å². The Bertz CT molecular complexity index is 522. The highest BCUT2D eigenvalue weighted by atomic mass is 19.1. The Balaban J connectivity index is 2.32. The lowest BCUT2D eigenvalue weighted by molar-refractivity contribution is 0.309. The minimum atomic E-state index is -0.285. The van der Waals surface area contributed by atoms with Crippen molar-refractivity contribution in [2.24, 2.45) is 7.05 Å². The van der Waals surface area contributed by atoms with Crippen LogP contribution in [-0.4, -0.2) is 16.2 Å². The lowest BCUT2D eigenvalue weighted by Gasteiger charge is -2.11. The molecule has 2 rings (SSSR count). The second-order valence-electron chi connectivity index (χ2n) is 4.23. The van der Waals surface area contributed by atoms with Crippen molar-refractivity contribution >= 4 is 0 Å². The van der Waals surface area contributed by atoms with E-state index >= 15 is 0 Å². The molecule has 0 fully saturated rings. The second kappa shape index (κ2) is 5.67. The van der Waals surface area contributed by atoms with E-state index in [2.05, 4.69) is 11.9 Å². The quantitative estimate of drug-likeness (QED) is 0.758. The number of nitrogens with zero attached hydrogens (tertiary/aromatic N) is 2. The second-order valence-corrected chi connectivity index (χ2v) is 4.23. The van der Waals surface area contributed by atoms with Gasteiger partial charge in [-0.1, -0.05) is 13.3 Å². The molecule has 0 saturated heterocycles. The first-order valence-corrected chi connectivity index (χ1v) is 6.11. The summed E-state index contributed by atoms with van der Waals surface area (Å²) >= 11 is 0. The Labute approximate surface area is 106 Å². The fourth-order valence-electron chi connectivity index (χ4n) is 1.77. The van der Waals surface area contributed by atoms with Gasteiger partial charge < -0.3 is 9.30 Å². The van der Waals surface area contributed by atoms with Gasteiger partial charge in [0, 0.05) is 18.7 Å². The van der Waals surface area contributed by atoms with Gasteiger partial charge in [-0.2, -0.15) is 0 Å². The van der Waals surface area contributed by atoms with E-state index in [-0.39, 0.29) is 5.82 Å². The van der Waals surface area contributed by atoms with Crippen molar-refractivity contribution in [3.05, 3.63) is 36.5 Å². The normalized spacial score (nSPS) is 10.6. The van der Waals surface area contributed by atoms with Crippen molar-refractivity contribution in [3.8, 4) is 17.0 Å². The Morgan fingerprint density at radius 1 is 1.39 bits per heavy atom. The van der Waals surface area contributed by atoms with E-state index < -0.39 is 0 Å². The van der Waals surface area contributed by atoms with Crippen LogP contribution in [0.1, 0.15) is 19.8 Å². The number of unbranched alkanes of at least 4 members (excludes halogenated alkanes) is 1.